The molecule has 0 fully saturated rings. The van der Waals surface area contributed by atoms with Gasteiger partial charge in [0.1, 0.15) is 11.5 Å². The number of nitrogens with one attached hydrogen (secondary N) is 1. The molecule has 22 heavy (non-hydrogen) atoms. The Balaban J connectivity index is 2.07. The van der Waals surface area contributed by atoms with Crippen LogP contribution in [0.4, 0.5) is 5.69 Å². The topological polar surface area (TPSA) is 58.6 Å². The van der Waals surface area contributed by atoms with Crippen LogP contribution in [-0.2, 0) is 4.79 Å². The summed E-state index contributed by atoms with van der Waals surface area (Å²) in [7, 11) is 0. The normalized spacial score (nSPS) is 11.8. The number of halogens is 1. The molecule has 0 aliphatic heterocycles. The van der Waals surface area contributed by atoms with Crippen LogP contribution in [-0.4, -0.2) is 17.1 Å². The Labute approximate surface area is 134 Å². The lowest BCUT2D eigenvalue weighted by Gasteiger charge is -2.17. The first-order chi connectivity index (χ1) is 10.4. The first kappa shape index (κ1) is 16.2. The van der Waals surface area contributed by atoms with E-state index >= 15 is 0 Å². The maximum atomic E-state index is 12.2. The van der Waals surface area contributed by atoms with Crippen LogP contribution in [0, 0.1) is 13.8 Å². The van der Waals surface area contributed by atoms with Crippen LogP contribution >= 0.6 is 11.6 Å². The number of aryl methyl sites for hydroxylation is 2. The van der Waals surface area contributed by atoms with E-state index in [1.807, 2.05) is 32.0 Å². The second-order valence-corrected chi connectivity index (χ2v) is 5.62. The minimum absolute atomic E-state index is 0.0449. The van der Waals surface area contributed by atoms with Gasteiger partial charge in [-0.3, -0.25) is 4.79 Å². The van der Waals surface area contributed by atoms with Crippen molar-refractivity contribution in [1.29, 1.82) is 0 Å². The quantitative estimate of drug-likeness (QED) is 0.835. The summed E-state index contributed by atoms with van der Waals surface area (Å²) in [6.07, 6.45) is -0.709. The summed E-state index contributed by atoms with van der Waals surface area (Å²) in [5.41, 5.74) is 2.35. The number of phenols is 1. The average Bonchev–Trinajstić information content (AvgIpc) is 2.45. The van der Waals surface area contributed by atoms with Gasteiger partial charge in [0.15, 0.2) is 6.10 Å². The van der Waals surface area contributed by atoms with Crippen molar-refractivity contribution in [3.63, 3.8) is 0 Å². The average molecular weight is 320 g/mol. The van der Waals surface area contributed by atoms with Gasteiger partial charge in [-0.15, -0.1) is 0 Å². The molecule has 5 heteroatoms. The van der Waals surface area contributed by atoms with Crippen molar-refractivity contribution in [3.8, 4) is 11.5 Å². The maximum absolute atomic E-state index is 12.2. The Morgan fingerprint density at radius 3 is 2.64 bits per heavy atom. The molecule has 0 unspecified atom stereocenters. The number of aromatic hydroxyl groups is 1. The second-order valence-electron chi connectivity index (χ2n) is 5.18. The van der Waals surface area contributed by atoms with E-state index in [0.29, 0.717) is 10.8 Å². The molecule has 4 nitrogen and oxygen atoms in total. The molecule has 0 aliphatic carbocycles. The van der Waals surface area contributed by atoms with Crippen molar-refractivity contribution >= 4 is 23.2 Å². The van der Waals surface area contributed by atoms with Gasteiger partial charge in [0.2, 0.25) is 0 Å². The van der Waals surface area contributed by atoms with Gasteiger partial charge in [-0.2, -0.15) is 0 Å². The highest BCUT2D eigenvalue weighted by atomic mass is 35.5. The Kier molecular flexibility index (Phi) is 4.93. The molecular formula is C17H18ClNO3. The molecule has 0 aliphatic rings. The standard InChI is InChI=1S/C17H18ClNO3/c1-10-4-7-16(11(2)8-10)22-12(3)17(21)19-14-9-13(18)5-6-15(14)20/h4-9,12,20H,1-3H3,(H,19,21)/t12-/m0/s1. The van der Waals surface area contributed by atoms with Gasteiger partial charge in [0, 0.05) is 5.02 Å². The Hall–Kier alpha value is -2.20. The predicted octanol–water partition coefficient (Wildman–Crippen LogP) is 4.07. The number of ether oxygens (including phenoxy) is 1. The van der Waals surface area contributed by atoms with Gasteiger partial charge < -0.3 is 15.2 Å². The van der Waals surface area contributed by atoms with E-state index in [4.69, 9.17) is 16.3 Å². The van der Waals surface area contributed by atoms with Gasteiger partial charge in [-0.25, -0.2) is 0 Å². The molecule has 0 saturated heterocycles. The van der Waals surface area contributed by atoms with E-state index < -0.39 is 6.10 Å². The highest BCUT2D eigenvalue weighted by molar-refractivity contribution is 6.31. The van der Waals surface area contributed by atoms with Crippen LogP contribution in [0.5, 0.6) is 11.5 Å². The summed E-state index contributed by atoms with van der Waals surface area (Å²) in [6.45, 7) is 5.57. The van der Waals surface area contributed by atoms with Gasteiger partial charge in [-0.05, 0) is 50.6 Å². The van der Waals surface area contributed by atoms with Crippen LogP contribution in [0.1, 0.15) is 18.1 Å². The fraction of sp³-hybridized carbons (Fsp3) is 0.235. The minimum atomic E-state index is -0.709. The zero-order chi connectivity index (χ0) is 16.3. The SMILES string of the molecule is Cc1ccc(O[C@@H](C)C(=O)Nc2cc(Cl)ccc2O)c(C)c1. The first-order valence-corrected chi connectivity index (χ1v) is 7.28. The number of hydrogen-bond acceptors (Lipinski definition) is 3. The summed E-state index contributed by atoms with van der Waals surface area (Å²) >= 11 is 5.85. The molecule has 0 spiro atoms. The third-order valence-electron chi connectivity index (χ3n) is 3.22. The molecule has 1 amide bonds. The molecule has 0 bridgehead atoms. The summed E-state index contributed by atoms with van der Waals surface area (Å²) in [5.74, 6) is 0.248. The number of rotatable bonds is 4. The monoisotopic (exact) mass is 319 g/mol. The Bertz CT molecular complexity index is 700. The largest absolute Gasteiger partial charge is 0.506 e. The summed E-state index contributed by atoms with van der Waals surface area (Å²) < 4.78 is 5.68. The van der Waals surface area contributed by atoms with Gasteiger partial charge >= 0.3 is 0 Å². The van der Waals surface area contributed by atoms with E-state index in [9.17, 15) is 9.90 Å². The number of hydrogen-bond donors (Lipinski definition) is 2. The van der Waals surface area contributed by atoms with Crippen LogP contribution in [0.25, 0.3) is 0 Å². The third kappa shape index (κ3) is 3.92. The number of carbonyl (C=O) groups excluding carboxylic acids is 1. The van der Waals surface area contributed by atoms with Crippen molar-refractivity contribution in [2.75, 3.05) is 5.32 Å². The highest BCUT2D eigenvalue weighted by Gasteiger charge is 2.17. The van der Waals surface area contributed by atoms with E-state index in [2.05, 4.69) is 5.32 Å². The molecule has 2 N–H and O–H groups in total. The van der Waals surface area contributed by atoms with Crippen LogP contribution in [0.2, 0.25) is 5.02 Å². The molecule has 0 radical (unpaired) electrons. The number of benzene rings is 2. The fourth-order valence-corrected chi connectivity index (χ4v) is 2.19. The van der Waals surface area contributed by atoms with Gasteiger partial charge in [0.05, 0.1) is 5.69 Å². The maximum Gasteiger partial charge on any atom is 0.265 e. The molecule has 0 aromatic heterocycles. The summed E-state index contributed by atoms with van der Waals surface area (Å²) in [6, 6.07) is 10.2. The van der Waals surface area contributed by atoms with Crippen molar-refractivity contribution in [2.24, 2.45) is 0 Å². The van der Waals surface area contributed by atoms with Gasteiger partial charge in [0.25, 0.3) is 5.91 Å². The lowest BCUT2D eigenvalue weighted by Crippen LogP contribution is -2.30. The van der Waals surface area contributed by atoms with E-state index in [1.54, 1.807) is 13.0 Å². The van der Waals surface area contributed by atoms with E-state index in [1.165, 1.54) is 12.1 Å². The molecule has 0 heterocycles. The lowest BCUT2D eigenvalue weighted by molar-refractivity contribution is -0.122. The van der Waals surface area contributed by atoms with E-state index in [-0.39, 0.29) is 17.3 Å². The number of anilines is 1. The van der Waals surface area contributed by atoms with Crippen molar-refractivity contribution < 1.29 is 14.6 Å². The van der Waals surface area contributed by atoms with E-state index in [0.717, 1.165) is 11.1 Å². The number of carbonyl (C=O) groups is 1. The molecule has 2 rings (SSSR count). The second kappa shape index (κ2) is 6.71. The molecule has 2 aromatic rings. The molecule has 0 saturated carbocycles. The molecule has 1 atom stereocenters. The van der Waals surface area contributed by atoms with Gasteiger partial charge in [-0.1, -0.05) is 29.3 Å². The predicted molar refractivity (Wildman–Crippen MR) is 87.8 cm³/mol. The number of amides is 1. The van der Waals surface area contributed by atoms with Crippen LogP contribution in [0.3, 0.4) is 0 Å². The van der Waals surface area contributed by atoms with Crippen LogP contribution < -0.4 is 10.1 Å². The smallest absolute Gasteiger partial charge is 0.265 e. The first-order valence-electron chi connectivity index (χ1n) is 6.90. The number of phenolic OH excluding ortho intramolecular Hbond substituents is 1. The summed E-state index contributed by atoms with van der Waals surface area (Å²) in [4.78, 5) is 12.2. The molecule has 116 valence electrons. The third-order valence-corrected chi connectivity index (χ3v) is 3.45. The summed E-state index contributed by atoms with van der Waals surface area (Å²) in [5, 5.41) is 12.7. The van der Waals surface area contributed by atoms with Crippen molar-refractivity contribution in [1.82, 2.24) is 0 Å². The van der Waals surface area contributed by atoms with Crippen molar-refractivity contribution in [3.05, 3.63) is 52.5 Å². The minimum Gasteiger partial charge on any atom is -0.506 e. The lowest BCUT2D eigenvalue weighted by atomic mass is 10.1. The highest BCUT2D eigenvalue weighted by Crippen LogP contribution is 2.27. The Morgan fingerprint density at radius 1 is 1.23 bits per heavy atom. The van der Waals surface area contributed by atoms with Crippen LogP contribution in [0.15, 0.2) is 36.4 Å². The zero-order valence-corrected chi connectivity index (χ0v) is 13.4. The zero-order valence-electron chi connectivity index (χ0n) is 12.7. The molecule has 2 aromatic carbocycles. The molecular weight excluding hydrogens is 302 g/mol. The Morgan fingerprint density at radius 2 is 1.95 bits per heavy atom. The fourth-order valence-electron chi connectivity index (χ4n) is 2.02. The van der Waals surface area contributed by atoms with Crippen molar-refractivity contribution in [2.45, 2.75) is 26.9 Å².